The lowest BCUT2D eigenvalue weighted by Gasteiger charge is -2.23. The van der Waals surface area contributed by atoms with Crippen LogP contribution in [0.3, 0.4) is 0 Å². The number of carbonyl (C=O) groups excluding carboxylic acids is 2. The van der Waals surface area contributed by atoms with E-state index in [1.165, 1.54) is 19.2 Å². The third-order valence-electron chi connectivity index (χ3n) is 2.89. The Labute approximate surface area is 135 Å². The van der Waals surface area contributed by atoms with E-state index >= 15 is 0 Å². The van der Waals surface area contributed by atoms with Crippen LogP contribution in [-0.4, -0.2) is 41.8 Å². The zero-order chi connectivity index (χ0) is 17.6. The number of carbonyl (C=O) groups is 3. The van der Waals surface area contributed by atoms with Gasteiger partial charge in [0, 0.05) is 13.5 Å². The lowest BCUT2D eigenvalue weighted by Crippen LogP contribution is -2.48. The van der Waals surface area contributed by atoms with E-state index in [-0.39, 0.29) is 17.9 Å². The summed E-state index contributed by atoms with van der Waals surface area (Å²) in [7, 11) is 1.47. The molecule has 0 aromatic heterocycles. The van der Waals surface area contributed by atoms with Crippen LogP contribution in [0.25, 0.3) is 0 Å². The molecule has 2 amide bonds. The highest BCUT2D eigenvalue weighted by molar-refractivity contribution is 5.88. The fraction of sp³-hybridized carbons (Fsp3) is 0.438. The minimum atomic E-state index is -1.02. The Hall–Kier alpha value is -2.57. The largest absolute Gasteiger partial charge is 0.478 e. The van der Waals surface area contributed by atoms with Crippen LogP contribution >= 0.6 is 0 Å². The number of benzene rings is 1. The van der Waals surface area contributed by atoms with Gasteiger partial charge in [-0.2, -0.15) is 0 Å². The number of amides is 2. The summed E-state index contributed by atoms with van der Waals surface area (Å²) >= 11 is 0. The molecule has 0 aliphatic rings. The van der Waals surface area contributed by atoms with Gasteiger partial charge in [0.05, 0.1) is 5.56 Å². The summed E-state index contributed by atoms with van der Waals surface area (Å²) in [5.74, 6) is -1.38. The first kappa shape index (κ1) is 18.5. The predicted octanol–water partition coefficient (Wildman–Crippen LogP) is 1.57. The van der Waals surface area contributed by atoms with Crippen molar-refractivity contribution in [3.8, 4) is 0 Å². The quantitative estimate of drug-likeness (QED) is 0.763. The van der Waals surface area contributed by atoms with Crippen molar-refractivity contribution < 1.29 is 24.2 Å². The molecule has 23 heavy (non-hydrogen) atoms. The van der Waals surface area contributed by atoms with Crippen LogP contribution in [0.2, 0.25) is 0 Å². The van der Waals surface area contributed by atoms with Crippen molar-refractivity contribution in [2.24, 2.45) is 0 Å². The Morgan fingerprint density at radius 2 is 1.74 bits per heavy atom. The fourth-order valence-electron chi connectivity index (χ4n) is 1.85. The second-order valence-corrected chi connectivity index (χ2v) is 6.02. The Morgan fingerprint density at radius 1 is 1.17 bits per heavy atom. The van der Waals surface area contributed by atoms with Crippen molar-refractivity contribution in [2.45, 2.75) is 38.8 Å². The van der Waals surface area contributed by atoms with Crippen molar-refractivity contribution in [3.63, 3.8) is 0 Å². The van der Waals surface area contributed by atoms with Gasteiger partial charge in [0.1, 0.15) is 11.6 Å². The number of nitrogens with one attached hydrogen (secondary N) is 2. The van der Waals surface area contributed by atoms with Crippen molar-refractivity contribution in [2.75, 3.05) is 7.05 Å². The number of carboxylic acid groups (broad SMARTS) is 1. The van der Waals surface area contributed by atoms with Gasteiger partial charge in [0.25, 0.3) is 0 Å². The van der Waals surface area contributed by atoms with Crippen molar-refractivity contribution >= 4 is 18.0 Å². The molecule has 0 aliphatic heterocycles. The Morgan fingerprint density at radius 3 is 2.17 bits per heavy atom. The maximum Gasteiger partial charge on any atom is 0.408 e. The summed E-state index contributed by atoms with van der Waals surface area (Å²) in [5.41, 5.74) is 0.213. The zero-order valence-electron chi connectivity index (χ0n) is 13.7. The second kappa shape index (κ2) is 7.62. The lowest BCUT2D eigenvalue weighted by molar-refractivity contribution is -0.122. The highest BCUT2D eigenvalue weighted by atomic mass is 16.6. The molecular formula is C16H22N2O5. The van der Waals surface area contributed by atoms with Crippen LogP contribution in [0.4, 0.5) is 4.79 Å². The monoisotopic (exact) mass is 322 g/mol. The summed E-state index contributed by atoms with van der Waals surface area (Å²) < 4.78 is 5.14. The first-order valence-corrected chi connectivity index (χ1v) is 7.15. The molecule has 126 valence electrons. The number of hydrogen-bond donors (Lipinski definition) is 3. The van der Waals surface area contributed by atoms with E-state index in [2.05, 4.69) is 10.6 Å². The standard InChI is InChI=1S/C16H22N2O5/c1-16(2,3)23-15(22)18-12(13(19)17-4)9-10-5-7-11(8-6-10)14(20)21/h5-8,12H,9H2,1-4H3,(H,17,19)(H,18,22)(H,20,21)/t12-/m0/s1. The van der Waals surface area contributed by atoms with Gasteiger partial charge in [0.15, 0.2) is 0 Å². The predicted molar refractivity (Wildman–Crippen MR) is 84.3 cm³/mol. The summed E-state index contributed by atoms with van der Waals surface area (Å²) in [6.07, 6.45) is -0.466. The minimum Gasteiger partial charge on any atom is -0.478 e. The fourth-order valence-corrected chi connectivity index (χ4v) is 1.85. The number of likely N-dealkylation sites (N-methyl/N-ethyl adjacent to an activating group) is 1. The second-order valence-electron chi connectivity index (χ2n) is 6.02. The van der Waals surface area contributed by atoms with Gasteiger partial charge in [-0.05, 0) is 38.5 Å². The van der Waals surface area contributed by atoms with Gasteiger partial charge in [-0.25, -0.2) is 9.59 Å². The molecule has 1 atom stereocenters. The molecule has 0 aliphatic carbocycles. The average Bonchev–Trinajstić information content (AvgIpc) is 2.44. The summed E-state index contributed by atoms with van der Waals surface area (Å²) in [4.78, 5) is 34.6. The van der Waals surface area contributed by atoms with Crippen molar-refractivity contribution in [3.05, 3.63) is 35.4 Å². The van der Waals surface area contributed by atoms with E-state index in [0.29, 0.717) is 0 Å². The first-order valence-electron chi connectivity index (χ1n) is 7.15. The van der Waals surface area contributed by atoms with Gasteiger partial charge in [0.2, 0.25) is 5.91 Å². The summed E-state index contributed by atoms with van der Waals surface area (Å²) in [5, 5.41) is 13.9. The molecule has 0 saturated carbocycles. The van der Waals surface area contributed by atoms with Crippen LogP contribution in [0.5, 0.6) is 0 Å². The third-order valence-corrected chi connectivity index (χ3v) is 2.89. The van der Waals surface area contributed by atoms with Crippen LogP contribution < -0.4 is 10.6 Å². The van der Waals surface area contributed by atoms with E-state index in [0.717, 1.165) is 5.56 Å². The van der Waals surface area contributed by atoms with Gasteiger partial charge < -0.3 is 20.5 Å². The van der Waals surface area contributed by atoms with Gasteiger partial charge in [-0.3, -0.25) is 4.79 Å². The minimum absolute atomic E-state index is 0.158. The molecule has 1 rings (SSSR count). The summed E-state index contributed by atoms with van der Waals surface area (Å²) in [6.45, 7) is 5.18. The van der Waals surface area contributed by atoms with E-state index < -0.39 is 23.7 Å². The zero-order valence-corrected chi connectivity index (χ0v) is 13.7. The molecule has 0 spiro atoms. The molecule has 0 heterocycles. The normalized spacial score (nSPS) is 12.2. The van der Waals surface area contributed by atoms with E-state index in [9.17, 15) is 14.4 Å². The molecular weight excluding hydrogens is 300 g/mol. The van der Waals surface area contributed by atoms with E-state index in [4.69, 9.17) is 9.84 Å². The number of alkyl carbamates (subject to hydrolysis) is 1. The Balaban J connectivity index is 2.80. The highest BCUT2D eigenvalue weighted by Crippen LogP contribution is 2.10. The third kappa shape index (κ3) is 6.37. The Bertz CT molecular complexity index is 575. The molecule has 7 heteroatoms. The van der Waals surface area contributed by atoms with Gasteiger partial charge in [-0.15, -0.1) is 0 Å². The molecule has 0 unspecified atom stereocenters. The van der Waals surface area contributed by atoms with Crippen LogP contribution in [-0.2, 0) is 16.0 Å². The number of rotatable bonds is 5. The molecule has 1 aromatic carbocycles. The van der Waals surface area contributed by atoms with Crippen LogP contribution in [0.1, 0.15) is 36.7 Å². The topological polar surface area (TPSA) is 105 Å². The smallest absolute Gasteiger partial charge is 0.408 e. The first-order chi connectivity index (χ1) is 10.6. The molecule has 1 aromatic rings. The van der Waals surface area contributed by atoms with Crippen molar-refractivity contribution in [1.29, 1.82) is 0 Å². The number of aromatic carboxylic acids is 1. The molecule has 7 nitrogen and oxygen atoms in total. The van der Waals surface area contributed by atoms with E-state index in [1.807, 2.05) is 0 Å². The maximum atomic E-state index is 11.9. The Kier molecular flexibility index (Phi) is 6.12. The maximum absolute atomic E-state index is 11.9. The number of hydrogen-bond acceptors (Lipinski definition) is 4. The van der Waals surface area contributed by atoms with Crippen molar-refractivity contribution in [1.82, 2.24) is 10.6 Å². The average molecular weight is 322 g/mol. The number of carboxylic acids is 1. The van der Waals surface area contributed by atoms with Gasteiger partial charge >= 0.3 is 12.1 Å². The molecule has 0 saturated heterocycles. The highest BCUT2D eigenvalue weighted by Gasteiger charge is 2.24. The van der Waals surface area contributed by atoms with Crippen LogP contribution in [0.15, 0.2) is 24.3 Å². The molecule has 0 bridgehead atoms. The van der Waals surface area contributed by atoms with Crippen LogP contribution in [0, 0.1) is 0 Å². The summed E-state index contributed by atoms with van der Waals surface area (Å²) in [6, 6.07) is 5.30. The number of ether oxygens (including phenoxy) is 1. The molecule has 0 fully saturated rings. The van der Waals surface area contributed by atoms with E-state index in [1.54, 1.807) is 32.9 Å². The lowest BCUT2D eigenvalue weighted by atomic mass is 10.0. The molecule has 3 N–H and O–H groups in total. The molecule has 0 radical (unpaired) electrons. The van der Waals surface area contributed by atoms with Gasteiger partial charge in [-0.1, -0.05) is 12.1 Å². The SMILES string of the molecule is CNC(=O)[C@H](Cc1ccc(C(=O)O)cc1)NC(=O)OC(C)(C)C.